The van der Waals surface area contributed by atoms with Crippen LogP contribution in [0.15, 0.2) is 18.2 Å². The summed E-state index contributed by atoms with van der Waals surface area (Å²) in [4.78, 5) is 2.41. The molecule has 1 aliphatic rings. The van der Waals surface area contributed by atoms with E-state index in [0.29, 0.717) is 12.0 Å². The van der Waals surface area contributed by atoms with Gasteiger partial charge in [-0.1, -0.05) is 25.1 Å². The third-order valence-electron chi connectivity index (χ3n) is 3.64. The predicted molar refractivity (Wildman–Crippen MR) is 72.6 cm³/mol. The van der Waals surface area contributed by atoms with Gasteiger partial charge in [-0.05, 0) is 33.3 Å². The molecule has 2 heteroatoms. The van der Waals surface area contributed by atoms with Crippen molar-refractivity contribution in [1.82, 2.24) is 0 Å². The second-order valence-electron chi connectivity index (χ2n) is 5.95. The first-order valence-corrected chi connectivity index (χ1v) is 6.44. The largest absolute Gasteiger partial charge is 0.386 e. The zero-order valence-corrected chi connectivity index (χ0v) is 11.5. The fraction of sp³-hybridized carbons (Fsp3) is 0.600. The molecule has 2 rings (SSSR count). The minimum Gasteiger partial charge on any atom is -0.386 e. The van der Waals surface area contributed by atoms with Gasteiger partial charge >= 0.3 is 0 Å². The number of aliphatic hydroxyl groups is 1. The summed E-state index contributed by atoms with van der Waals surface area (Å²) in [5, 5.41) is 10.3. The first-order valence-electron chi connectivity index (χ1n) is 6.44. The minimum atomic E-state index is -0.775. The maximum absolute atomic E-state index is 10.3. The van der Waals surface area contributed by atoms with Gasteiger partial charge in [0, 0.05) is 29.8 Å². The van der Waals surface area contributed by atoms with Crippen molar-refractivity contribution in [3.63, 3.8) is 0 Å². The molecule has 1 unspecified atom stereocenters. The van der Waals surface area contributed by atoms with Crippen molar-refractivity contribution in [2.75, 3.05) is 11.4 Å². The van der Waals surface area contributed by atoms with Gasteiger partial charge in [0.15, 0.2) is 0 Å². The van der Waals surface area contributed by atoms with Crippen LogP contribution in [0.25, 0.3) is 0 Å². The summed E-state index contributed by atoms with van der Waals surface area (Å²) in [5.74, 6) is 0.551. The molecule has 1 N–H and O–H groups in total. The Morgan fingerprint density at radius 3 is 2.53 bits per heavy atom. The van der Waals surface area contributed by atoms with E-state index in [9.17, 15) is 5.11 Å². The average Bonchev–Trinajstić information content (AvgIpc) is 2.55. The first-order chi connectivity index (χ1) is 7.82. The van der Waals surface area contributed by atoms with Gasteiger partial charge in [0.05, 0.1) is 5.60 Å². The Morgan fingerprint density at radius 2 is 2.00 bits per heavy atom. The lowest BCUT2D eigenvalue weighted by Crippen LogP contribution is -2.31. The maximum atomic E-state index is 10.3. The van der Waals surface area contributed by atoms with E-state index in [4.69, 9.17) is 0 Å². The lowest BCUT2D eigenvalue weighted by molar-refractivity contribution is 0.0790. The number of rotatable bonds is 2. The molecule has 0 amide bonds. The Bertz CT molecular complexity index is 417. The van der Waals surface area contributed by atoms with Crippen LogP contribution in [-0.2, 0) is 5.60 Å². The molecular weight excluding hydrogens is 210 g/mol. The Morgan fingerprint density at radius 1 is 1.35 bits per heavy atom. The quantitative estimate of drug-likeness (QED) is 0.847. The molecule has 0 saturated carbocycles. The average molecular weight is 233 g/mol. The van der Waals surface area contributed by atoms with E-state index in [1.807, 2.05) is 19.9 Å². The van der Waals surface area contributed by atoms with Crippen molar-refractivity contribution in [3.8, 4) is 0 Å². The summed E-state index contributed by atoms with van der Waals surface area (Å²) in [6, 6.07) is 6.78. The summed E-state index contributed by atoms with van der Waals surface area (Å²) in [6.07, 6.45) is 0. The minimum absolute atomic E-state index is 0.474. The van der Waals surface area contributed by atoms with Crippen LogP contribution >= 0.6 is 0 Å². The summed E-state index contributed by atoms with van der Waals surface area (Å²) >= 11 is 0. The van der Waals surface area contributed by atoms with Gasteiger partial charge in [-0.3, -0.25) is 0 Å². The molecular formula is C15H23NO. The lowest BCUT2D eigenvalue weighted by atomic mass is 9.92. The van der Waals surface area contributed by atoms with E-state index in [1.165, 1.54) is 11.3 Å². The maximum Gasteiger partial charge on any atom is 0.0860 e. The van der Waals surface area contributed by atoms with E-state index in [2.05, 4.69) is 37.8 Å². The van der Waals surface area contributed by atoms with Gasteiger partial charge in [-0.2, -0.15) is 0 Å². The van der Waals surface area contributed by atoms with Crippen molar-refractivity contribution < 1.29 is 5.11 Å². The number of hydrogen-bond acceptors (Lipinski definition) is 2. The zero-order chi connectivity index (χ0) is 12.8. The molecule has 0 saturated heterocycles. The number of nitrogens with zero attached hydrogens (tertiary/aromatic N) is 1. The third kappa shape index (κ3) is 2.06. The summed E-state index contributed by atoms with van der Waals surface area (Å²) in [7, 11) is 0. The molecule has 0 radical (unpaired) electrons. The predicted octanol–water partition coefficient (Wildman–Crippen LogP) is 3.25. The smallest absolute Gasteiger partial charge is 0.0860 e. The van der Waals surface area contributed by atoms with E-state index < -0.39 is 5.60 Å². The van der Waals surface area contributed by atoms with Gasteiger partial charge < -0.3 is 10.0 Å². The molecule has 0 spiro atoms. The van der Waals surface area contributed by atoms with Crippen LogP contribution in [0.2, 0.25) is 0 Å². The number of para-hydroxylation sites is 1. The number of hydrogen-bond donors (Lipinski definition) is 1. The van der Waals surface area contributed by atoms with E-state index in [1.54, 1.807) is 0 Å². The Balaban J connectivity index is 2.60. The molecule has 0 aliphatic carbocycles. The van der Waals surface area contributed by atoms with E-state index in [0.717, 1.165) is 12.1 Å². The summed E-state index contributed by atoms with van der Waals surface area (Å²) in [5.41, 5.74) is 2.90. The van der Waals surface area contributed by atoms with Crippen molar-refractivity contribution >= 4 is 5.69 Å². The molecule has 0 fully saturated rings. The number of benzene rings is 1. The molecule has 1 aromatic carbocycles. The highest BCUT2D eigenvalue weighted by Crippen LogP contribution is 2.43. The monoisotopic (exact) mass is 233 g/mol. The second kappa shape index (κ2) is 4.02. The van der Waals surface area contributed by atoms with Crippen molar-refractivity contribution in [2.45, 2.75) is 52.2 Å². The molecule has 17 heavy (non-hydrogen) atoms. The Kier molecular flexibility index (Phi) is 2.94. The van der Waals surface area contributed by atoms with Gasteiger partial charge in [-0.15, -0.1) is 0 Å². The van der Waals surface area contributed by atoms with Gasteiger partial charge in [-0.25, -0.2) is 0 Å². The first kappa shape index (κ1) is 12.4. The molecule has 0 aromatic heterocycles. The van der Waals surface area contributed by atoms with E-state index >= 15 is 0 Å². The van der Waals surface area contributed by atoms with Crippen LogP contribution in [0.1, 0.15) is 51.7 Å². The lowest BCUT2D eigenvalue weighted by Gasteiger charge is -2.30. The summed E-state index contributed by atoms with van der Waals surface area (Å²) in [6.45, 7) is 11.5. The second-order valence-corrected chi connectivity index (χ2v) is 5.95. The molecule has 1 aromatic rings. The highest BCUT2D eigenvalue weighted by molar-refractivity contribution is 5.67. The Hall–Kier alpha value is -1.02. The van der Waals surface area contributed by atoms with Crippen LogP contribution in [-0.4, -0.2) is 17.7 Å². The molecule has 94 valence electrons. The standard InChI is InChI=1S/C15H23NO/c1-10(2)16-9-11(3)12-7-6-8-13(14(12)16)15(4,5)17/h6-8,10-11,17H,9H2,1-5H3. The van der Waals surface area contributed by atoms with Crippen molar-refractivity contribution in [2.24, 2.45) is 0 Å². The van der Waals surface area contributed by atoms with E-state index in [-0.39, 0.29) is 0 Å². The van der Waals surface area contributed by atoms with Gasteiger partial charge in [0.25, 0.3) is 0 Å². The van der Waals surface area contributed by atoms with Crippen LogP contribution in [0.5, 0.6) is 0 Å². The number of anilines is 1. The molecule has 1 aliphatic heterocycles. The van der Waals surface area contributed by atoms with Crippen LogP contribution in [0.4, 0.5) is 5.69 Å². The fourth-order valence-electron chi connectivity index (χ4n) is 2.73. The molecule has 0 bridgehead atoms. The van der Waals surface area contributed by atoms with Gasteiger partial charge in [0.2, 0.25) is 0 Å². The molecule has 2 nitrogen and oxygen atoms in total. The van der Waals surface area contributed by atoms with Crippen LogP contribution < -0.4 is 4.90 Å². The molecule has 1 atom stereocenters. The highest BCUT2D eigenvalue weighted by Gasteiger charge is 2.33. The van der Waals surface area contributed by atoms with Gasteiger partial charge in [0.1, 0.15) is 0 Å². The highest BCUT2D eigenvalue weighted by atomic mass is 16.3. The topological polar surface area (TPSA) is 23.5 Å². The van der Waals surface area contributed by atoms with Crippen molar-refractivity contribution in [1.29, 1.82) is 0 Å². The van der Waals surface area contributed by atoms with Crippen LogP contribution in [0, 0.1) is 0 Å². The zero-order valence-electron chi connectivity index (χ0n) is 11.5. The van der Waals surface area contributed by atoms with Crippen LogP contribution in [0.3, 0.4) is 0 Å². The normalized spacial score (nSPS) is 19.9. The third-order valence-corrected chi connectivity index (χ3v) is 3.64. The SMILES string of the molecule is CC1CN(C(C)C)c2c1cccc2C(C)(C)O. The Labute approximate surface area is 104 Å². The van der Waals surface area contributed by atoms with Crippen molar-refractivity contribution in [3.05, 3.63) is 29.3 Å². The molecule has 1 heterocycles. The number of fused-ring (bicyclic) bond motifs is 1. The fourth-order valence-corrected chi connectivity index (χ4v) is 2.73. The summed E-state index contributed by atoms with van der Waals surface area (Å²) < 4.78 is 0.